The number of hydrogen-bond acceptors (Lipinski definition) is 4. The molecule has 0 atom stereocenters. The van der Waals surface area contributed by atoms with Crippen LogP contribution in [0.25, 0.3) is 11.5 Å². The second-order valence-electron chi connectivity index (χ2n) is 4.55. The summed E-state index contributed by atoms with van der Waals surface area (Å²) in [6.07, 6.45) is 1.34. The highest BCUT2D eigenvalue weighted by molar-refractivity contribution is 6.43. The van der Waals surface area contributed by atoms with E-state index in [0.717, 1.165) is 5.56 Å². The molecule has 0 bridgehead atoms. The zero-order chi connectivity index (χ0) is 16.4. The molecule has 3 rings (SSSR count). The third-order valence-corrected chi connectivity index (χ3v) is 4.00. The number of aromatic hydroxyl groups is 1. The van der Waals surface area contributed by atoms with Crippen molar-refractivity contribution in [2.24, 2.45) is 4.99 Å². The molecule has 116 valence electrons. The summed E-state index contributed by atoms with van der Waals surface area (Å²) in [5, 5.41) is 10.8. The first-order chi connectivity index (χ1) is 11.0. The fraction of sp³-hybridized carbons (Fsp3) is 0. The SMILES string of the molecule is Oc1oc(-c2ccccc2)nc1C=Nc1cc(Cl)c(Cl)cc1Cl. The smallest absolute Gasteiger partial charge is 0.312 e. The molecule has 2 aromatic carbocycles. The number of oxazole rings is 1. The predicted molar refractivity (Wildman–Crippen MR) is 92.3 cm³/mol. The number of rotatable bonds is 3. The number of aromatic nitrogens is 1. The molecule has 0 spiro atoms. The Labute approximate surface area is 147 Å². The van der Waals surface area contributed by atoms with Gasteiger partial charge in [0.2, 0.25) is 5.89 Å². The molecule has 7 heteroatoms. The largest absolute Gasteiger partial charge is 0.479 e. The number of hydrogen-bond donors (Lipinski definition) is 1. The van der Waals surface area contributed by atoms with Crippen LogP contribution < -0.4 is 0 Å². The van der Waals surface area contributed by atoms with Gasteiger partial charge in [-0.15, -0.1) is 0 Å². The zero-order valence-electron chi connectivity index (χ0n) is 11.5. The Hall–Kier alpha value is -2.01. The third-order valence-electron chi connectivity index (χ3n) is 2.97. The maximum atomic E-state index is 9.84. The molecular formula is C16H9Cl3N2O2. The average Bonchev–Trinajstić information content (AvgIpc) is 2.91. The summed E-state index contributed by atoms with van der Waals surface area (Å²) in [6, 6.07) is 12.2. The van der Waals surface area contributed by atoms with Crippen molar-refractivity contribution in [3.05, 3.63) is 63.2 Å². The van der Waals surface area contributed by atoms with Crippen LogP contribution in [0.4, 0.5) is 5.69 Å². The maximum Gasteiger partial charge on any atom is 0.312 e. The fourth-order valence-corrected chi connectivity index (χ4v) is 2.44. The number of aliphatic imine (C=N–C) groups is 1. The Morgan fingerprint density at radius 2 is 1.70 bits per heavy atom. The number of benzene rings is 2. The topological polar surface area (TPSA) is 58.6 Å². The normalized spacial score (nSPS) is 11.3. The lowest BCUT2D eigenvalue weighted by atomic mass is 10.2. The van der Waals surface area contributed by atoms with Crippen LogP contribution in [0.1, 0.15) is 5.69 Å². The molecule has 1 N–H and O–H groups in total. The van der Waals surface area contributed by atoms with Crippen molar-refractivity contribution in [3.8, 4) is 17.4 Å². The van der Waals surface area contributed by atoms with Crippen LogP contribution in [0.3, 0.4) is 0 Å². The minimum atomic E-state index is -0.330. The van der Waals surface area contributed by atoms with E-state index in [1.165, 1.54) is 18.3 Å². The molecule has 0 fully saturated rings. The monoisotopic (exact) mass is 366 g/mol. The lowest BCUT2D eigenvalue weighted by Gasteiger charge is -2.00. The van der Waals surface area contributed by atoms with E-state index >= 15 is 0 Å². The molecular weight excluding hydrogens is 359 g/mol. The Kier molecular flexibility index (Phi) is 4.57. The summed E-state index contributed by atoms with van der Waals surface area (Å²) in [5.41, 5.74) is 1.34. The molecule has 0 saturated carbocycles. The van der Waals surface area contributed by atoms with Crippen LogP contribution in [0, 0.1) is 0 Å². The Balaban J connectivity index is 1.92. The summed E-state index contributed by atoms with van der Waals surface area (Å²) in [5.74, 6) is -0.0337. The van der Waals surface area contributed by atoms with Crippen molar-refractivity contribution in [1.82, 2.24) is 4.98 Å². The summed E-state index contributed by atoms with van der Waals surface area (Å²) in [7, 11) is 0. The molecule has 0 aliphatic carbocycles. The van der Waals surface area contributed by atoms with Crippen molar-refractivity contribution >= 4 is 46.7 Å². The van der Waals surface area contributed by atoms with E-state index in [1.54, 1.807) is 0 Å². The Morgan fingerprint density at radius 3 is 2.43 bits per heavy atom. The first-order valence-corrected chi connectivity index (χ1v) is 7.62. The number of nitrogens with zero attached hydrogens (tertiary/aromatic N) is 2. The Bertz CT molecular complexity index is 877. The molecule has 1 aromatic heterocycles. The molecule has 0 unspecified atom stereocenters. The molecule has 0 amide bonds. The summed E-state index contributed by atoms with van der Waals surface area (Å²) >= 11 is 17.8. The van der Waals surface area contributed by atoms with Gasteiger partial charge in [-0.05, 0) is 24.3 Å². The van der Waals surface area contributed by atoms with E-state index in [1.807, 2.05) is 30.3 Å². The second kappa shape index (κ2) is 6.62. The van der Waals surface area contributed by atoms with E-state index < -0.39 is 0 Å². The molecule has 0 saturated heterocycles. The van der Waals surface area contributed by atoms with E-state index in [4.69, 9.17) is 39.2 Å². The molecule has 1 heterocycles. The quantitative estimate of drug-likeness (QED) is 0.473. The van der Waals surface area contributed by atoms with Crippen LogP contribution >= 0.6 is 34.8 Å². The summed E-state index contributed by atoms with van der Waals surface area (Å²) in [4.78, 5) is 8.36. The standard InChI is InChI=1S/C16H9Cl3N2O2/c17-10-6-12(19)13(7-11(10)18)20-8-14-16(22)23-15(21-14)9-4-2-1-3-5-9/h1-8,22H. The van der Waals surface area contributed by atoms with Crippen molar-refractivity contribution in [2.75, 3.05) is 0 Å². The van der Waals surface area contributed by atoms with Crippen molar-refractivity contribution < 1.29 is 9.52 Å². The highest BCUT2D eigenvalue weighted by Crippen LogP contribution is 2.34. The van der Waals surface area contributed by atoms with Gasteiger partial charge in [-0.1, -0.05) is 53.0 Å². The first kappa shape index (κ1) is 15.9. The molecule has 0 aliphatic rings. The first-order valence-electron chi connectivity index (χ1n) is 6.48. The van der Waals surface area contributed by atoms with Gasteiger partial charge >= 0.3 is 5.95 Å². The lowest BCUT2D eigenvalue weighted by molar-refractivity contribution is 0.337. The van der Waals surface area contributed by atoms with Crippen molar-refractivity contribution in [2.45, 2.75) is 0 Å². The van der Waals surface area contributed by atoms with Gasteiger partial charge in [-0.25, -0.2) is 4.98 Å². The molecule has 0 aliphatic heterocycles. The van der Waals surface area contributed by atoms with Crippen LogP contribution in [0.15, 0.2) is 51.9 Å². The van der Waals surface area contributed by atoms with Gasteiger partial charge in [-0.3, -0.25) is 4.99 Å². The summed E-state index contributed by atoms with van der Waals surface area (Å²) < 4.78 is 5.24. The van der Waals surface area contributed by atoms with Gasteiger partial charge in [0, 0.05) is 5.56 Å². The Morgan fingerprint density at radius 1 is 1.00 bits per heavy atom. The second-order valence-corrected chi connectivity index (χ2v) is 5.77. The molecule has 0 radical (unpaired) electrons. The third kappa shape index (κ3) is 3.50. The van der Waals surface area contributed by atoms with Gasteiger partial charge in [-0.2, -0.15) is 0 Å². The van der Waals surface area contributed by atoms with Gasteiger partial charge in [0.25, 0.3) is 0 Å². The highest BCUT2D eigenvalue weighted by Gasteiger charge is 2.12. The minimum absolute atomic E-state index is 0.186. The maximum absolute atomic E-state index is 9.84. The number of halogens is 3. The van der Waals surface area contributed by atoms with Gasteiger partial charge in [0.15, 0.2) is 5.69 Å². The highest BCUT2D eigenvalue weighted by atomic mass is 35.5. The van der Waals surface area contributed by atoms with E-state index in [9.17, 15) is 5.11 Å². The minimum Gasteiger partial charge on any atom is -0.479 e. The van der Waals surface area contributed by atoms with Gasteiger partial charge in [0.05, 0.1) is 27.0 Å². The predicted octanol–water partition coefficient (Wildman–Crippen LogP) is 5.76. The van der Waals surface area contributed by atoms with Crippen molar-refractivity contribution in [1.29, 1.82) is 0 Å². The van der Waals surface area contributed by atoms with Crippen LogP contribution in [-0.4, -0.2) is 16.3 Å². The average molecular weight is 368 g/mol. The van der Waals surface area contributed by atoms with E-state index in [-0.39, 0.29) is 11.6 Å². The van der Waals surface area contributed by atoms with Crippen molar-refractivity contribution in [3.63, 3.8) is 0 Å². The molecule has 3 aromatic rings. The zero-order valence-corrected chi connectivity index (χ0v) is 13.8. The van der Waals surface area contributed by atoms with Crippen LogP contribution in [0.5, 0.6) is 5.95 Å². The summed E-state index contributed by atoms with van der Waals surface area (Å²) in [6.45, 7) is 0. The lowest BCUT2D eigenvalue weighted by Crippen LogP contribution is -1.83. The van der Waals surface area contributed by atoms with Crippen LogP contribution in [0.2, 0.25) is 15.1 Å². The van der Waals surface area contributed by atoms with Gasteiger partial charge < -0.3 is 9.52 Å². The van der Waals surface area contributed by atoms with Gasteiger partial charge in [0.1, 0.15) is 0 Å². The molecule has 23 heavy (non-hydrogen) atoms. The molecule has 4 nitrogen and oxygen atoms in total. The van der Waals surface area contributed by atoms with Crippen LogP contribution in [-0.2, 0) is 0 Å². The van der Waals surface area contributed by atoms with E-state index in [2.05, 4.69) is 9.98 Å². The fourth-order valence-electron chi connectivity index (χ4n) is 1.85. The van der Waals surface area contributed by atoms with E-state index in [0.29, 0.717) is 26.6 Å².